The average Bonchev–Trinajstić information content (AvgIpc) is 3.84. The maximum atomic E-state index is 6.46. The third kappa shape index (κ3) is 8.17. The van der Waals surface area contributed by atoms with Crippen LogP contribution in [0.25, 0.3) is 45.3 Å². The number of para-hydroxylation sites is 5. The number of methoxy groups -OCH3 is 2. The topological polar surface area (TPSA) is 48.4 Å². The monoisotopic (exact) mass is 1110 g/mol. The van der Waals surface area contributed by atoms with Crippen LogP contribution in [0, 0.1) is 0 Å². The van der Waals surface area contributed by atoms with E-state index >= 15 is 0 Å². The van der Waals surface area contributed by atoms with Crippen LogP contribution in [0.1, 0.15) is 11.1 Å². The molecule has 0 amide bonds. The molecule has 0 spiro atoms. The SMILES string of the molecule is COc1ccc2c(C=C3Oc4ccccc4N3C)cc(N3CCN(c4cc(C=C5Sc6ccccc6N5C)c5ccc(OC)cc5[n+]4-c4ccccc4)CC3)[n+](-c3ccccc3)c2c1.[I-].[I-]. The lowest BCUT2D eigenvalue weighted by atomic mass is 10.1. The van der Waals surface area contributed by atoms with Crippen molar-refractivity contribution in [3.63, 3.8) is 0 Å². The van der Waals surface area contributed by atoms with Crippen molar-refractivity contribution >= 4 is 68.7 Å². The van der Waals surface area contributed by atoms with E-state index in [0.29, 0.717) is 0 Å². The Labute approximate surface area is 424 Å². The lowest BCUT2D eigenvalue weighted by Crippen LogP contribution is -3.00. The fourth-order valence-electron chi connectivity index (χ4n) is 9.27. The van der Waals surface area contributed by atoms with Gasteiger partial charge in [-0.15, -0.1) is 0 Å². The van der Waals surface area contributed by atoms with E-state index in [1.165, 1.54) is 15.6 Å². The molecule has 12 heteroatoms. The number of halogens is 2. The van der Waals surface area contributed by atoms with Crippen LogP contribution in [0.4, 0.5) is 23.0 Å². The highest BCUT2D eigenvalue weighted by Gasteiger charge is 2.35. The lowest BCUT2D eigenvalue weighted by Gasteiger charge is -2.30. The van der Waals surface area contributed by atoms with E-state index in [-0.39, 0.29) is 48.0 Å². The summed E-state index contributed by atoms with van der Waals surface area (Å²) in [7, 11) is 7.69. The van der Waals surface area contributed by atoms with Gasteiger partial charge in [-0.2, -0.15) is 9.13 Å². The highest BCUT2D eigenvalue weighted by atomic mass is 127. The van der Waals surface area contributed by atoms with E-state index in [1.807, 2.05) is 36.0 Å². The Morgan fingerprint density at radius 3 is 1.53 bits per heavy atom. The van der Waals surface area contributed by atoms with Crippen LogP contribution < -0.4 is 90.9 Å². The summed E-state index contributed by atoms with van der Waals surface area (Å²) in [5.74, 6) is 5.48. The van der Waals surface area contributed by atoms with Gasteiger partial charge in [-0.05, 0) is 90.0 Å². The molecule has 0 saturated carbocycles. The molecule has 2 aromatic heterocycles. The van der Waals surface area contributed by atoms with Gasteiger partial charge in [0.25, 0.3) is 11.6 Å². The van der Waals surface area contributed by atoms with E-state index in [4.69, 9.17) is 14.2 Å². The molecular weight excluding hydrogens is 1070 g/mol. The first-order valence-corrected chi connectivity index (χ1v) is 22.5. The number of hydrogen-bond acceptors (Lipinski definition) is 8. The molecular formula is C54H48I2N6O3S. The second-order valence-electron chi connectivity index (χ2n) is 16.2. The zero-order chi connectivity index (χ0) is 43.3. The van der Waals surface area contributed by atoms with E-state index in [0.717, 1.165) is 111 Å². The van der Waals surface area contributed by atoms with E-state index in [2.05, 4.69) is 188 Å². The highest BCUT2D eigenvalue weighted by Crippen LogP contribution is 2.46. The molecule has 8 aromatic rings. The zero-order valence-electron chi connectivity index (χ0n) is 37.1. The molecule has 3 aliphatic rings. The number of aromatic nitrogens is 2. The summed E-state index contributed by atoms with van der Waals surface area (Å²) in [6.45, 7) is 3.16. The van der Waals surface area contributed by atoms with Crippen LogP contribution in [-0.2, 0) is 0 Å². The maximum absolute atomic E-state index is 6.46. The molecule has 9 nitrogen and oxygen atoms in total. The summed E-state index contributed by atoms with van der Waals surface area (Å²) in [5, 5.41) is 3.44. The van der Waals surface area contributed by atoms with Crippen LogP contribution >= 0.6 is 11.8 Å². The number of benzene rings is 6. The predicted octanol–water partition coefficient (Wildman–Crippen LogP) is 4.27. The fourth-order valence-corrected chi connectivity index (χ4v) is 10.4. The van der Waals surface area contributed by atoms with Crippen LogP contribution in [0.2, 0.25) is 0 Å². The molecule has 0 aliphatic carbocycles. The Morgan fingerprint density at radius 2 is 1.02 bits per heavy atom. The van der Waals surface area contributed by atoms with Gasteiger partial charge in [-0.25, -0.2) is 0 Å². The number of thioether (sulfide) groups is 1. The molecule has 5 heterocycles. The van der Waals surface area contributed by atoms with E-state index < -0.39 is 0 Å². The van der Waals surface area contributed by atoms with Crippen molar-refractivity contribution in [2.75, 3.05) is 74.1 Å². The van der Waals surface area contributed by atoms with Gasteiger partial charge in [-0.3, -0.25) is 9.80 Å². The number of piperazine rings is 1. The second-order valence-corrected chi connectivity index (χ2v) is 17.3. The summed E-state index contributed by atoms with van der Waals surface area (Å²) in [6, 6.07) is 55.7. The first-order chi connectivity index (χ1) is 31.4. The number of ether oxygens (including phenoxy) is 3. The maximum Gasteiger partial charge on any atom is 0.283 e. The Balaban J connectivity index is 0.00000274. The molecule has 0 unspecified atom stereocenters. The molecule has 0 bridgehead atoms. The molecule has 6 aromatic carbocycles. The predicted molar refractivity (Wildman–Crippen MR) is 261 cm³/mol. The number of anilines is 4. The van der Waals surface area contributed by atoms with Crippen molar-refractivity contribution in [2.24, 2.45) is 0 Å². The second kappa shape index (κ2) is 19.1. The minimum atomic E-state index is 0. The molecule has 332 valence electrons. The smallest absolute Gasteiger partial charge is 0.283 e. The standard InChI is InChI=1S/C54H48N6O3S.2HI/c1-55-45-19-11-13-21-49(45)63-53(55)33-37-31-51(59(39-15-7-5-8-16-39)47-35-41(61-3)23-25-43(37)47)57-27-29-58(30-28-57)52-32-38(34-54-56(2)46-20-12-14-22-50(46)64-54)44-26-24-42(62-4)36-48(44)60(52)40-17-9-6-10-18-40;;/h5-26,31-36H,27-30H2,1-4H3;2*1H/q+2;;/p-2. The quantitative estimate of drug-likeness (QED) is 0.166. The largest absolute Gasteiger partial charge is 1.00 e. The van der Waals surface area contributed by atoms with E-state index in [1.54, 1.807) is 14.2 Å². The first-order valence-electron chi connectivity index (χ1n) is 21.6. The van der Waals surface area contributed by atoms with Crippen molar-refractivity contribution in [1.82, 2.24) is 0 Å². The van der Waals surface area contributed by atoms with Crippen LogP contribution in [0.15, 0.2) is 174 Å². The van der Waals surface area contributed by atoms with Gasteiger partial charge in [-0.1, -0.05) is 72.4 Å². The van der Waals surface area contributed by atoms with Crippen molar-refractivity contribution < 1.29 is 71.3 Å². The van der Waals surface area contributed by atoms with Gasteiger partial charge in [0, 0.05) is 60.1 Å². The summed E-state index contributed by atoms with van der Waals surface area (Å²) >= 11 is 1.82. The third-order valence-corrected chi connectivity index (χ3v) is 13.8. The molecule has 66 heavy (non-hydrogen) atoms. The van der Waals surface area contributed by atoms with Gasteiger partial charge in [0.15, 0.2) is 5.75 Å². The van der Waals surface area contributed by atoms with Gasteiger partial charge in [0.05, 0.1) is 30.6 Å². The van der Waals surface area contributed by atoms with Gasteiger partial charge in [0.1, 0.15) is 60.1 Å². The summed E-state index contributed by atoms with van der Waals surface area (Å²) in [5.41, 5.74) is 8.82. The van der Waals surface area contributed by atoms with Crippen LogP contribution in [0.5, 0.6) is 17.2 Å². The van der Waals surface area contributed by atoms with Crippen molar-refractivity contribution in [1.29, 1.82) is 0 Å². The zero-order valence-corrected chi connectivity index (χ0v) is 42.2. The van der Waals surface area contributed by atoms with Crippen LogP contribution in [0.3, 0.4) is 0 Å². The first kappa shape index (κ1) is 45.2. The number of nitrogens with zero attached hydrogens (tertiary/aromatic N) is 6. The minimum absolute atomic E-state index is 0. The fraction of sp³-hybridized carbons (Fsp3) is 0.148. The summed E-state index contributed by atoms with van der Waals surface area (Å²) < 4.78 is 23.0. The summed E-state index contributed by atoms with van der Waals surface area (Å²) in [4.78, 5) is 10.8. The van der Waals surface area contributed by atoms with Crippen LogP contribution in [-0.4, -0.2) is 54.5 Å². The molecule has 1 fully saturated rings. The number of fused-ring (bicyclic) bond motifs is 4. The molecule has 0 radical (unpaired) electrons. The van der Waals surface area contributed by atoms with Crippen molar-refractivity contribution in [3.8, 4) is 28.6 Å². The summed E-state index contributed by atoms with van der Waals surface area (Å²) in [6.07, 6.45) is 4.52. The Morgan fingerprint density at radius 1 is 0.530 bits per heavy atom. The number of rotatable bonds is 8. The van der Waals surface area contributed by atoms with Gasteiger partial charge >= 0.3 is 0 Å². The molecule has 0 N–H and O–H groups in total. The molecule has 11 rings (SSSR count). The number of pyridine rings is 2. The minimum Gasteiger partial charge on any atom is -1.00 e. The number of hydrogen-bond donors (Lipinski definition) is 0. The average molecular weight is 1110 g/mol. The normalized spacial score (nSPS) is 15.4. The van der Waals surface area contributed by atoms with E-state index in [9.17, 15) is 0 Å². The van der Waals surface area contributed by atoms with Gasteiger partial charge in [0.2, 0.25) is 5.88 Å². The van der Waals surface area contributed by atoms with Crippen molar-refractivity contribution in [2.45, 2.75) is 4.90 Å². The Bertz CT molecular complexity index is 2950. The third-order valence-electron chi connectivity index (χ3n) is 12.6. The lowest BCUT2D eigenvalue weighted by molar-refractivity contribution is -0.555. The van der Waals surface area contributed by atoms with Gasteiger partial charge < -0.3 is 72.0 Å². The van der Waals surface area contributed by atoms with Crippen molar-refractivity contribution in [3.05, 3.63) is 180 Å². The Kier molecular flexibility index (Phi) is 13.1. The molecule has 3 aliphatic heterocycles. The molecule has 0 atom stereocenters. The highest BCUT2D eigenvalue weighted by molar-refractivity contribution is 8.03. The Hall–Kier alpha value is -5.97. The molecule has 1 saturated heterocycles.